The zero-order valence-corrected chi connectivity index (χ0v) is 26.0. The van der Waals surface area contributed by atoms with Crippen LogP contribution in [0.5, 0.6) is 0 Å². The van der Waals surface area contributed by atoms with Gasteiger partial charge in [0.1, 0.15) is 10.1 Å². The van der Waals surface area contributed by atoms with Crippen LogP contribution in [0, 0.1) is 6.92 Å². The third kappa shape index (κ3) is 5.77. The maximum atomic E-state index is 13.6. The fourth-order valence-corrected chi connectivity index (χ4v) is 5.59. The molecule has 4 aromatic rings. The molecule has 0 saturated heterocycles. The number of hydrogen-bond acceptors (Lipinski definition) is 9. The van der Waals surface area contributed by atoms with Gasteiger partial charge in [-0.3, -0.25) is 9.59 Å². The first-order chi connectivity index (χ1) is 19.5. The summed E-state index contributed by atoms with van der Waals surface area (Å²) in [7, 11) is -5.10. The number of aryl methyl sites for hydroxylation is 1. The summed E-state index contributed by atoms with van der Waals surface area (Å²) in [6.45, 7) is 3.77. The van der Waals surface area contributed by atoms with Gasteiger partial charge in [0.25, 0.3) is 0 Å². The van der Waals surface area contributed by atoms with E-state index in [1.54, 1.807) is 44.2 Å². The van der Waals surface area contributed by atoms with Gasteiger partial charge in [0.05, 0.1) is 39.6 Å². The van der Waals surface area contributed by atoms with Crippen molar-refractivity contribution in [2.75, 3.05) is 17.7 Å². The van der Waals surface area contributed by atoms with E-state index >= 15 is 0 Å². The molecule has 4 aromatic carbocycles. The molecule has 1 aliphatic rings. The Hall–Kier alpha value is -3.80. The summed E-state index contributed by atoms with van der Waals surface area (Å²) >= 11 is 0. The minimum absolute atomic E-state index is 0. The van der Waals surface area contributed by atoms with E-state index in [1.807, 2.05) is 24.3 Å². The summed E-state index contributed by atoms with van der Waals surface area (Å²) in [6, 6.07) is 19.7. The summed E-state index contributed by atoms with van der Waals surface area (Å²) in [6.07, 6.45) is 0.370. The molecule has 0 atom stereocenters. The predicted molar refractivity (Wildman–Crippen MR) is 152 cm³/mol. The van der Waals surface area contributed by atoms with Crippen molar-refractivity contribution >= 4 is 44.7 Å². The third-order valence-electron chi connectivity index (χ3n) is 6.95. The number of nitrogens with one attached hydrogen (secondary N) is 1. The van der Waals surface area contributed by atoms with Gasteiger partial charge >= 0.3 is 35.5 Å². The van der Waals surface area contributed by atoms with Crippen LogP contribution in [0.4, 0.5) is 17.1 Å². The van der Waals surface area contributed by atoms with Crippen LogP contribution in [0.2, 0.25) is 0 Å². The fraction of sp³-hybridized carbons (Fsp3) is 0.129. The second-order valence-corrected chi connectivity index (χ2v) is 10.9. The van der Waals surface area contributed by atoms with E-state index in [-0.39, 0.29) is 64.1 Å². The second kappa shape index (κ2) is 12.2. The molecule has 0 saturated carbocycles. The van der Waals surface area contributed by atoms with Crippen LogP contribution in [0.3, 0.4) is 0 Å². The van der Waals surface area contributed by atoms with Crippen LogP contribution in [-0.4, -0.2) is 37.1 Å². The summed E-state index contributed by atoms with van der Waals surface area (Å²) in [5.74, 6) is -1.62. The van der Waals surface area contributed by atoms with E-state index in [2.05, 4.69) is 5.32 Å². The number of carbonyl (C=O) groups excluding carboxylic acids is 3. The number of benzene rings is 4. The molecular formula is C31H25N2NaO7S. The smallest absolute Gasteiger partial charge is 0.744 e. The van der Waals surface area contributed by atoms with Crippen molar-refractivity contribution in [1.82, 2.24) is 0 Å². The Morgan fingerprint density at radius 3 is 2.17 bits per heavy atom. The Balaban J connectivity index is 0.00000405. The molecule has 1 aliphatic carbocycles. The molecule has 0 aromatic heterocycles. The quantitative estimate of drug-likeness (QED) is 0.124. The van der Waals surface area contributed by atoms with Crippen LogP contribution in [0.25, 0.3) is 0 Å². The van der Waals surface area contributed by atoms with E-state index in [1.165, 1.54) is 12.1 Å². The monoisotopic (exact) mass is 592 g/mol. The van der Waals surface area contributed by atoms with Crippen molar-refractivity contribution in [1.29, 1.82) is 0 Å². The number of nitrogens with two attached hydrogens (primary N) is 1. The van der Waals surface area contributed by atoms with Gasteiger partial charge in [-0.1, -0.05) is 54.6 Å². The maximum absolute atomic E-state index is 13.6. The number of nitrogen functional groups attached to an aromatic ring is 1. The normalized spacial score (nSPS) is 12.2. The number of ether oxygens (including phenoxy) is 1. The molecule has 208 valence electrons. The molecule has 3 N–H and O–H groups in total. The Labute approximate surface area is 265 Å². The van der Waals surface area contributed by atoms with Gasteiger partial charge < -0.3 is 20.3 Å². The van der Waals surface area contributed by atoms with Gasteiger partial charge in [-0.05, 0) is 55.2 Å². The zero-order valence-electron chi connectivity index (χ0n) is 23.2. The van der Waals surface area contributed by atoms with Crippen molar-refractivity contribution in [2.45, 2.75) is 25.2 Å². The molecule has 0 spiro atoms. The third-order valence-corrected chi connectivity index (χ3v) is 7.82. The first-order valence-corrected chi connectivity index (χ1v) is 14.1. The molecule has 42 heavy (non-hydrogen) atoms. The zero-order chi connectivity index (χ0) is 29.5. The fourth-order valence-electron chi connectivity index (χ4n) is 4.96. The number of fused-ring (bicyclic) bond motifs is 2. The molecule has 0 fully saturated rings. The Bertz CT molecular complexity index is 1870. The van der Waals surface area contributed by atoms with Gasteiger partial charge in [0.15, 0.2) is 11.6 Å². The first kappa shape index (κ1) is 31.1. The van der Waals surface area contributed by atoms with Crippen molar-refractivity contribution in [3.05, 3.63) is 117 Å². The van der Waals surface area contributed by atoms with Gasteiger partial charge in [-0.15, -0.1) is 0 Å². The number of anilines is 3. The molecule has 0 aliphatic heterocycles. The van der Waals surface area contributed by atoms with Crippen LogP contribution in [0.1, 0.15) is 65.8 Å². The standard InChI is InChI=1S/C31H26N2O7S.Na/c1-3-40-31(36)20-9-5-4-8-19(20)14-18-13-12-17(2)23(15-18)33-24-16-25(41(37,38)39)28(32)27-26(24)29(34)21-10-6-7-11-22(21)30(27)35;/h4-13,15-16,33H,3,14,32H2,1-2H3,(H,37,38,39);/q;+1/p-1. The summed E-state index contributed by atoms with van der Waals surface area (Å²) < 4.78 is 41.6. The molecular weight excluding hydrogens is 567 g/mol. The van der Waals surface area contributed by atoms with Gasteiger partial charge in [-0.2, -0.15) is 0 Å². The average molecular weight is 593 g/mol. The summed E-state index contributed by atoms with van der Waals surface area (Å²) in [5, 5.41) is 3.08. The van der Waals surface area contributed by atoms with Crippen molar-refractivity contribution in [2.24, 2.45) is 0 Å². The van der Waals surface area contributed by atoms with E-state index in [9.17, 15) is 27.4 Å². The van der Waals surface area contributed by atoms with Crippen LogP contribution >= 0.6 is 0 Å². The maximum Gasteiger partial charge on any atom is 1.00 e. The molecule has 9 nitrogen and oxygen atoms in total. The molecule has 0 bridgehead atoms. The molecule has 11 heteroatoms. The Morgan fingerprint density at radius 1 is 0.905 bits per heavy atom. The van der Waals surface area contributed by atoms with E-state index in [0.29, 0.717) is 17.7 Å². The first-order valence-electron chi connectivity index (χ1n) is 12.7. The Kier molecular flexibility index (Phi) is 9.05. The number of carbonyl (C=O) groups is 3. The molecule has 0 unspecified atom stereocenters. The second-order valence-electron chi connectivity index (χ2n) is 9.57. The van der Waals surface area contributed by atoms with Gasteiger partial charge in [0.2, 0.25) is 0 Å². The van der Waals surface area contributed by atoms with Crippen LogP contribution < -0.4 is 40.6 Å². The van der Waals surface area contributed by atoms with Crippen LogP contribution in [-0.2, 0) is 21.3 Å². The molecule has 5 rings (SSSR count). The number of ketones is 2. The Morgan fingerprint density at radius 2 is 1.52 bits per heavy atom. The van der Waals surface area contributed by atoms with Gasteiger partial charge in [0, 0.05) is 16.8 Å². The average Bonchev–Trinajstić information content (AvgIpc) is 2.94. The topological polar surface area (TPSA) is 156 Å². The summed E-state index contributed by atoms with van der Waals surface area (Å²) in [5.41, 5.74) is 8.42. The van der Waals surface area contributed by atoms with Gasteiger partial charge in [-0.25, -0.2) is 13.2 Å². The number of esters is 1. The van der Waals surface area contributed by atoms with Crippen molar-refractivity contribution in [3.63, 3.8) is 0 Å². The van der Waals surface area contributed by atoms with E-state index in [0.717, 1.165) is 22.8 Å². The number of hydrogen-bond donors (Lipinski definition) is 2. The SMILES string of the molecule is CCOC(=O)c1ccccc1Cc1ccc(C)c(Nc2cc(S(=O)(=O)[O-])c(N)c3c2C(=O)c2ccccc2C3=O)c1.[Na+]. The molecule has 0 radical (unpaired) electrons. The van der Waals surface area contributed by atoms with E-state index < -0.39 is 38.2 Å². The van der Waals surface area contributed by atoms with Crippen molar-refractivity contribution < 1.29 is 61.6 Å². The predicted octanol–water partition coefficient (Wildman–Crippen LogP) is 1.77. The number of rotatable bonds is 7. The van der Waals surface area contributed by atoms with Crippen molar-refractivity contribution in [3.8, 4) is 0 Å². The molecule has 0 heterocycles. The van der Waals surface area contributed by atoms with Crippen LogP contribution in [0.15, 0.2) is 77.7 Å². The summed E-state index contributed by atoms with van der Waals surface area (Å²) in [4.78, 5) is 38.7. The minimum atomic E-state index is -5.10. The van der Waals surface area contributed by atoms with E-state index in [4.69, 9.17) is 10.5 Å². The largest absolute Gasteiger partial charge is 1.00 e. The molecule has 0 amide bonds. The minimum Gasteiger partial charge on any atom is -0.744 e.